The molecule has 0 heterocycles. The van der Waals surface area contributed by atoms with Crippen molar-refractivity contribution in [2.24, 2.45) is 0 Å². The number of nitrogens with one attached hydrogen (secondary N) is 1. The van der Waals surface area contributed by atoms with Gasteiger partial charge in [0.25, 0.3) is 5.91 Å². The number of para-hydroxylation sites is 1. The van der Waals surface area contributed by atoms with Crippen molar-refractivity contribution in [3.8, 4) is 11.5 Å². The summed E-state index contributed by atoms with van der Waals surface area (Å²) in [5.41, 5.74) is -1.46. The Hall–Kier alpha value is -3.09. The molecular weight excluding hydrogens is 281 g/mol. The van der Waals surface area contributed by atoms with Crippen LogP contribution in [0.3, 0.4) is 0 Å². The third kappa shape index (κ3) is 2.76. The average Bonchev–Trinajstić information content (AvgIpc) is 2.40. The summed E-state index contributed by atoms with van der Waals surface area (Å²) in [6.07, 6.45) is 0. The molecule has 0 fully saturated rings. The first kappa shape index (κ1) is 14.3. The van der Waals surface area contributed by atoms with Gasteiger partial charge in [-0.15, -0.1) is 0 Å². The summed E-state index contributed by atoms with van der Waals surface area (Å²) < 4.78 is 13.7. The number of hydrogen-bond acceptors (Lipinski definition) is 4. The number of halogens is 1. The molecule has 1 amide bonds. The number of carboxylic acids is 1. The summed E-state index contributed by atoms with van der Waals surface area (Å²) in [4.78, 5) is 23.0. The smallest absolute Gasteiger partial charge is 0.337 e. The van der Waals surface area contributed by atoms with Gasteiger partial charge < -0.3 is 20.6 Å². The Balaban J connectivity index is 2.44. The molecule has 0 aromatic heterocycles. The summed E-state index contributed by atoms with van der Waals surface area (Å²) in [6.45, 7) is 0. The van der Waals surface area contributed by atoms with Crippen LogP contribution in [0.1, 0.15) is 20.7 Å². The maximum Gasteiger partial charge on any atom is 0.337 e. The molecule has 0 aliphatic heterocycles. The molecule has 2 rings (SSSR count). The predicted octanol–water partition coefficient (Wildman–Crippen LogP) is 2.19. The van der Waals surface area contributed by atoms with Crippen molar-refractivity contribution in [2.45, 2.75) is 0 Å². The number of phenols is 2. The zero-order chi connectivity index (χ0) is 15.6. The lowest BCUT2D eigenvalue weighted by molar-refractivity contribution is 0.0697. The summed E-state index contributed by atoms with van der Waals surface area (Å²) in [7, 11) is 0. The van der Waals surface area contributed by atoms with Gasteiger partial charge in [0.05, 0.1) is 11.3 Å². The highest BCUT2D eigenvalue weighted by Crippen LogP contribution is 2.28. The van der Waals surface area contributed by atoms with Crippen molar-refractivity contribution < 1.29 is 29.3 Å². The standard InChI is InChI=1S/C14H10FNO5/c15-8-4-1-3-7(14(20)21)12(8)16-13(19)11-9(17)5-2-6-10(11)18/h1-6,17-18H,(H,16,19)(H,20,21). The van der Waals surface area contributed by atoms with E-state index in [2.05, 4.69) is 0 Å². The minimum Gasteiger partial charge on any atom is -0.507 e. The molecule has 0 spiro atoms. The second kappa shape index (κ2) is 5.49. The SMILES string of the molecule is O=C(O)c1cccc(F)c1NC(=O)c1c(O)cccc1O. The molecule has 0 aliphatic carbocycles. The number of carboxylic acid groups (broad SMARTS) is 1. The molecule has 6 nitrogen and oxygen atoms in total. The van der Waals surface area contributed by atoms with E-state index in [1.807, 2.05) is 5.32 Å². The largest absolute Gasteiger partial charge is 0.507 e. The van der Waals surface area contributed by atoms with E-state index in [0.29, 0.717) is 0 Å². The van der Waals surface area contributed by atoms with E-state index in [1.54, 1.807) is 0 Å². The minimum atomic E-state index is -1.42. The minimum absolute atomic E-state index is 0.446. The maximum absolute atomic E-state index is 13.7. The Bertz CT molecular complexity index is 709. The molecule has 0 aliphatic rings. The van der Waals surface area contributed by atoms with Crippen molar-refractivity contribution in [2.75, 3.05) is 5.32 Å². The number of benzene rings is 2. The third-order valence-corrected chi connectivity index (χ3v) is 2.73. The van der Waals surface area contributed by atoms with Crippen LogP contribution in [0.15, 0.2) is 36.4 Å². The lowest BCUT2D eigenvalue weighted by atomic mass is 10.1. The molecular formula is C14H10FNO5. The molecule has 0 radical (unpaired) electrons. The van der Waals surface area contributed by atoms with Crippen LogP contribution in [-0.2, 0) is 0 Å². The molecule has 108 valence electrons. The number of amides is 1. The van der Waals surface area contributed by atoms with Crippen LogP contribution in [0.25, 0.3) is 0 Å². The second-order valence-corrected chi connectivity index (χ2v) is 4.09. The van der Waals surface area contributed by atoms with E-state index < -0.39 is 46.0 Å². The zero-order valence-electron chi connectivity index (χ0n) is 10.5. The van der Waals surface area contributed by atoms with Crippen molar-refractivity contribution in [1.82, 2.24) is 0 Å². The number of aromatic hydroxyl groups is 2. The fraction of sp³-hybridized carbons (Fsp3) is 0. The van der Waals surface area contributed by atoms with Gasteiger partial charge in [-0.1, -0.05) is 12.1 Å². The highest BCUT2D eigenvalue weighted by molar-refractivity contribution is 6.10. The number of hydrogen-bond donors (Lipinski definition) is 4. The van der Waals surface area contributed by atoms with Gasteiger partial charge >= 0.3 is 5.97 Å². The van der Waals surface area contributed by atoms with Crippen LogP contribution in [-0.4, -0.2) is 27.2 Å². The second-order valence-electron chi connectivity index (χ2n) is 4.09. The molecule has 2 aromatic rings. The lowest BCUT2D eigenvalue weighted by Crippen LogP contribution is -2.16. The van der Waals surface area contributed by atoms with Crippen molar-refractivity contribution >= 4 is 17.6 Å². The molecule has 2 aromatic carbocycles. The molecule has 0 atom stereocenters. The lowest BCUT2D eigenvalue weighted by Gasteiger charge is -2.11. The van der Waals surface area contributed by atoms with Gasteiger partial charge in [-0.2, -0.15) is 0 Å². The predicted molar refractivity (Wildman–Crippen MR) is 71.1 cm³/mol. The molecule has 0 saturated heterocycles. The van der Waals surface area contributed by atoms with Gasteiger partial charge in [0.2, 0.25) is 0 Å². The Morgan fingerprint density at radius 1 is 1.00 bits per heavy atom. The van der Waals surface area contributed by atoms with Crippen molar-refractivity contribution in [3.63, 3.8) is 0 Å². The Kier molecular flexibility index (Phi) is 3.75. The summed E-state index contributed by atoms with van der Waals surface area (Å²) in [5, 5.41) is 30.1. The highest BCUT2D eigenvalue weighted by atomic mass is 19.1. The number of carbonyl (C=O) groups is 2. The van der Waals surface area contributed by atoms with Crippen LogP contribution < -0.4 is 5.32 Å². The van der Waals surface area contributed by atoms with E-state index in [-0.39, 0.29) is 0 Å². The quantitative estimate of drug-likeness (QED) is 0.693. The van der Waals surface area contributed by atoms with E-state index >= 15 is 0 Å². The van der Waals surface area contributed by atoms with Gasteiger partial charge in [0.15, 0.2) is 0 Å². The number of phenolic OH excluding ortho intramolecular Hbond substituents is 2. The first-order valence-electron chi connectivity index (χ1n) is 5.76. The van der Waals surface area contributed by atoms with Gasteiger partial charge in [-0.3, -0.25) is 4.79 Å². The van der Waals surface area contributed by atoms with Crippen LogP contribution in [0.4, 0.5) is 10.1 Å². The first-order valence-corrected chi connectivity index (χ1v) is 5.76. The van der Waals surface area contributed by atoms with Crippen molar-refractivity contribution in [3.05, 3.63) is 53.3 Å². The average molecular weight is 291 g/mol. The van der Waals surface area contributed by atoms with Gasteiger partial charge in [-0.05, 0) is 24.3 Å². The van der Waals surface area contributed by atoms with E-state index in [9.17, 15) is 24.2 Å². The third-order valence-electron chi connectivity index (χ3n) is 2.73. The Labute approximate surface area is 118 Å². The van der Waals surface area contributed by atoms with E-state index in [1.165, 1.54) is 12.1 Å². The monoisotopic (exact) mass is 291 g/mol. The molecule has 7 heteroatoms. The Morgan fingerprint density at radius 2 is 1.57 bits per heavy atom. The summed E-state index contributed by atoms with van der Waals surface area (Å²) in [5.74, 6) is -4.43. The molecule has 21 heavy (non-hydrogen) atoms. The topological polar surface area (TPSA) is 107 Å². The molecule has 4 N–H and O–H groups in total. The molecule has 0 bridgehead atoms. The van der Waals surface area contributed by atoms with Gasteiger partial charge in [-0.25, -0.2) is 9.18 Å². The number of aromatic carboxylic acids is 1. The number of carbonyl (C=O) groups excluding carboxylic acids is 1. The van der Waals surface area contributed by atoms with Crippen molar-refractivity contribution in [1.29, 1.82) is 0 Å². The van der Waals surface area contributed by atoms with E-state index in [0.717, 1.165) is 24.3 Å². The summed E-state index contributed by atoms with van der Waals surface area (Å²) >= 11 is 0. The Morgan fingerprint density at radius 3 is 2.14 bits per heavy atom. The number of rotatable bonds is 3. The first-order chi connectivity index (χ1) is 9.91. The van der Waals surface area contributed by atoms with Crippen LogP contribution in [0.5, 0.6) is 11.5 Å². The number of anilines is 1. The normalized spacial score (nSPS) is 10.1. The maximum atomic E-state index is 13.7. The zero-order valence-corrected chi connectivity index (χ0v) is 10.5. The van der Waals surface area contributed by atoms with E-state index in [4.69, 9.17) is 5.11 Å². The van der Waals surface area contributed by atoms with Crippen LogP contribution >= 0.6 is 0 Å². The molecule has 0 unspecified atom stereocenters. The van der Waals surface area contributed by atoms with Gasteiger partial charge in [0.1, 0.15) is 22.9 Å². The van der Waals surface area contributed by atoms with Crippen LogP contribution in [0.2, 0.25) is 0 Å². The van der Waals surface area contributed by atoms with Gasteiger partial charge in [0, 0.05) is 0 Å². The molecule has 0 saturated carbocycles. The summed E-state index contributed by atoms with van der Waals surface area (Å²) in [6, 6.07) is 6.92. The fourth-order valence-corrected chi connectivity index (χ4v) is 1.77. The van der Waals surface area contributed by atoms with Crippen LogP contribution in [0, 0.1) is 5.82 Å². The highest BCUT2D eigenvalue weighted by Gasteiger charge is 2.21. The fourth-order valence-electron chi connectivity index (χ4n) is 1.77.